The van der Waals surface area contributed by atoms with Crippen LogP contribution in [0.3, 0.4) is 0 Å². The molecule has 1 amide bonds. The second-order valence-corrected chi connectivity index (χ2v) is 8.32. The van der Waals surface area contributed by atoms with Crippen LogP contribution in [-0.2, 0) is 14.8 Å². The third-order valence-corrected chi connectivity index (χ3v) is 6.00. The standard InChI is InChI=1S/C21H18F2N2O5S/c1-3-30-21(27)18-11-14(20(26)24-17-6-4-5-16(22)19(17)23)12-25(18)31(28,29)15-9-7-13(2)8-10-15/h4-12H,3H2,1-2H3,(H,24,26). The Bertz CT molecular complexity index is 1250. The minimum Gasteiger partial charge on any atom is -0.461 e. The predicted molar refractivity (Wildman–Crippen MR) is 108 cm³/mol. The van der Waals surface area contributed by atoms with E-state index in [1.165, 1.54) is 18.2 Å². The summed E-state index contributed by atoms with van der Waals surface area (Å²) in [6.07, 6.45) is 0.925. The number of carbonyl (C=O) groups excluding carboxylic acids is 2. The fourth-order valence-corrected chi connectivity index (χ4v) is 4.09. The number of halogens is 2. The average molecular weight is 448 g/mol. The van der Waals surface area contributed by atoms with E-state index in [0.29, 0.717) is 3.97 Å². The molecule has 1 aromatic heterocycles. The summed E-state index contributed by atoms with van der Waals surface area (Å²) in [5.41, 5.74) is -0.277. The number of nitrogens with zero attached hydrogens (tertiary/aromatic N) is 1. The molecule has 0 fully saturated rings. The summed E-state index contributed by atoms with van der Waals surface area (Å²) in [5.74, 6) is -4.33. The van der Waals surface area contributed by atoms with Crippen molar-refractivity contribution in [2.45, 2.75) is 18.7 Å². The Hall–Kier alpha value is -3.53. The number of benzene rings is 2. The maximum absolute atomic E-state index is 13.9. The number of hydrogen-bond donors (Lipinski definition) is 1. The molecular weight excluding hydrogens is 430 g/mol. The average Bonchev–Trinajstić information content (AvgIpc) is 3.19. The van der Waals surface area contributed by atoms with Gasteiger partial charge < -0.3 is 10.1 Å². The van der Waals surface area contributed by atoms with Crippen LogP contribution in [0.4, 0.5) is 14.5 Å². The van der Waals surface area contributed by atoms with Crippen LogP contribution in [0, 0.1) is 18.6 Å². The van der Waals surface area contributed by atoms with E-state index in [1.807, 2.05) is 0 Å². The van der Waals surface area contributed by atoms with Crippen molar-refractivity contribution >= 4 is 27.6 Å². The molecule has 0 spiro atoms. The molecule has 1 heterocycles. The second kappa shape index (κ2) is 8.68. The zero-order valence-electron chi connectivity index (χ0n) is 16.6. The molecule has 31 heavy (non-hydrogen) atoms. The molecule has 0 unspecified atom stereocenters. The highest BCUT2D eigenvalue weighted by Gasteiger charge is 2.27. The van der Waals surface area contributed by atoms with Gasteiger partial charge in [-0.1, -0.05) is 23.8 Å². The zero-order valence-corrected chi connectivity index (χ0v) is 17.4. The first kappa shape index (κ1) is 22.2. The number of anilines is 1. The van der Waals surface area contributed by atoms with Crippen molar-refractivity contribution in [3.63, 3.8) is 0 Å². The first-order valence-electron chi connectivity index (χ1n) is 9.12. The van der Waals surface area contributed by atoms with Gasteiger partial charge in [0, 0.05) is 6.20 Å². The van der Waals surface area contributed by atoms with Crippen LogP contribution < -0.4 is 5.32 Å². The van der Waals surface area contributed by atoms with Crippen molar-refractivity contribution in [1.29, 1.82) is 0 Å². The number of esters is 1. The SMILES string of the molecule is CCOC(=O)c1cc(C(=O)Nc2cccc(F)c2F)cn1S(=O)(=O)c1ccc(C)cc1. The molecule has 0 aliphatic heterocycles. The largest absolute Gasteiger partial charge is 0.461 e. The smallest absolute Gasteiger partial charge is 0.356 e. The quantitative estimate of drug-likeness (QED) is 0.580. The van der Waals surface area contributed by atoms with Gasteiger partial charge >= 0.3 is 5.97 Å². The van der Waals surface area contributed by atoms with Gasteiger partial charge in [0.1, 0.15) is 5.69 Å². The minimum absolute atomic E-state index is 0.0232. The topological polar surface area (TPSA) is 94.5 Å². The zero-order chi connectivity index (χ0) is 22.8. The summed E-state index contributed by atoms with van der Waals surface area (Å²) >= 11 is 0. The van der Waals surface area contributed by atoms with Gasteiger partial charge in [0.25, 0.3) is 15.9 Å². The lowest BCUT2D eigenvalue weighted by molar-refractivity contribution is 0.0518. The first-order valence-corrected chi connectivity index (χ1v) is 10.6. The van der Waals surface area contributed by atoms with Gasteiger partial charge in [-0.15, -0.1) is 0 Å². The number of aromatic nitrogens is 1. The van der Waals surface area contributed by atoms with Crippen molar-refractivity contribution in [3.05, 3.63) is 83.2 Å². The molecule has 0 aliphatic rings. The van der Waals surface area contributed by atoms with Crippen molar-refractivity contribution in [3.8, 4) is 0 Å². The molecule has 10 heteroatoms. The van der Waals surface area contributed by atoms with E-state index < -0.39 is 44.9 Å². The van der Waals surface area contributed by atoms with E-state index in [1.54, 1.807) is 26.0 Å². The van der Waals surface area contributed by atoms with Gasteiger partial charge in [0.2, 0.25) is 0 Å². The van der Waals surface area contributed by atoms with Gasteiger partial charge in [-0.05, 0) is 44.2 Å². The van der Waals surface area contributed by atoms with Crippen molar-refractivity contribution in [2.24, 2.45) is 0 Å². The summed E-state index contributed by atoms with van der Waals surface area (Å²) in [6.45, 7) is 3.30. The molecule has 0 atom stereocenters. The minimum atomic E-state index is -4.25. The number of hydrogen-bond acceptors (Lipinski definition) is 5. The summed E-state index contributed by atoms with van der Waals surface area (Å²) in [4.78, 5) is 24.8. The highest BCUT2D eigenvalue weighted by Crippen LogP contribution is 2.22. The Balaban J connectivity index is 2.05. The monoisotopic (exact) mass is 448 g/mol. The maximum Gasteiger partial charge on any atom is 0.356 e. The Kier molecular flexibility index (Phi) is 6.21. The van der Waals surface area contributed by atoms with Crippen molar-refractivity contribution < 1.29 is 31.5 Å². The number of carbonyl (C=O) groups is 2. The summed E-state index contributed by atoms with van der Waals surface area (Å²) < 4.78 is 59.0. The molecule has 0 radical (unpaired) electrons. The van der Waals surface area contributed by atoms with E-state index in [2.05, 4.69) is 5.32 Å². The lowest BCUT2D eigenvalue weighted by Crippen LogP contribution is -2.19. The van der Waals surface area contributed by atoms with Crippen LogP contribution in [-0.4, -0.2) is 30.9 Å². The Labute approximate surface area is 177 Å². The molecule has 0 bridgehead atoms. The maximum atomic E-state index is 13.9. The second-order valence-electron chi connectivity index (χ2n) is 6.50. The van der Waals surface area contributed by atoms with Crippen LogP contribution >= 0.6 is 0 Å². The van der Waals surface area contributed by atoms with Crippen molar-refractivity contribution in [1.82, 2.24) is 3.97 Å². The summed E-state index contributed by atoms with van der Waals surface area (Å²) in [6, 6.07) is 10.1. The van der Waals surface area contributed by atoms with Gasteiger partial charge in [0.15, 0.2) is 11.6 Å². The number of rotatable bonds is 6. The Morgan fingerprint density at radius 3 is 2.42 bits per heavy atom. The van der Waals surface area contributed by atoms with Gasteiger partial charge in [-0.2, -0.15) is 0 Å². The third kappa shape index (κ3) is 4.48. The Morgan fingerprint density at radius 2 is 1.77 bits per heavy atom. The van der Waals surface area contributed by atoms with E-state index in [9.17, 15) is 26.8 Å². The predicted octanol–water partition coefficient (Wildman–Crippen LogP) is 3.74. The van der Waals surface area contributed by atoms with E-state index in [0.717, 1.165) is 30.0 Å². The van der Waals surface area contributed by atoms with Gasteiger partial charge in [-0.25, -0.2) is 26.0 Å². The fourth-order valence-electron chi connectivity index (χ4n) is 2.74. The van der Waals surface area contributed by atoms with Crippen LogP contribution in [0.5, 0.6) is 0 Å². The number of nitrogens with one attached hydrogen (secondary N) is 1. The molecule has 0 aliphatic carbocycles. The number of amides is 1. The fraction of sp³-hybridized carbons (Fsp3) is 0.143. The van der Waals surface area contributed by atoms with Crippen LogP contribution in [0.2, 0.25) is 0 Å². The summed E-state index contributed by atoms with van der Waals surface area (Å²) in [7, 11) is -4.25. The van der Waals surface area contributed by atoms with Crippen LogP contribution in [0.25, 0.3) is 0 Å². The van der Waals surface area contributed by atoms with Crippen LogP contribution in [0.15, 0.2) is 59.6 Å². The molecular formula is C21H18F2N2O5S. The highest BCUT2D eigenvalue weighted by molar-refractivity contribution is 7.90. The number of aryl methyl sites for hydroxylation is 1. The molecule has 1 N–H and O–H groups in total. The van der Waals surface area contributed by atoms with Crippen LogP contribution in [0.1, 0.15) is 33.3 Å². The van der Waals surface area contributed by atoms with E-state index in [-0.39, 0.29) is 17.1 Å². The molecule has 3 aromatic rings. The molecule has 0 saturated heterocycles. The first-order chi connectivity index (χ1) is 14.6. The Morgan fingerprint density at radius 1 is 1.10 bits per heavy atom. The highest BCUT2D eigenvalue weighted by atomic mass is 32.2. The van der Waals surface area contributed by atoms with E-state index >= 15 is 0 Å². The number of ether oxygens (including phenoxy) is 1. The summed E-state index contributed by atoms with van der Waals surface area (Å²) in [5, 5.41) is 2.16. The lowest BCUT2D eigenvalue weighted by Gasteiger charge is -2.10. The molecule has 3 rings (SSSR count). The lowest BCUT2D eigenvalue weighted by atomic mass is 10.2. The van der Waals surface area contributed by atoms with Gasteiger partial charge in [-0.3, -0.25) is 4.79 Å². The molecule has 2 aromatic carbocycles. The van der Waals surface area contributed by atoms with E-state index in [4.69, 9.17) is 4.74 Å². The molecule has 162 valence electrons. The normalized spacial score (nSPS) is 11.2. The molecule has 0 saturated carbocycles. The molecule has 7 nitrogen and oxygen atoms in total. The third-order valence-electron chi connectivity index (χ3n) is 4.31. The van der Waals surface area contributed by atoms with Gasteiger partial charge in [0.05, 0.1) is 22.8 Å². The van der Waals surface area contributed by atoms with Crippen molar-refractivity contribution in [2.75, 3.05) is 11.9 Å².